The van der Waals surface area contributed by atoms with E-state index in [1.54, 1.807) is 12.1 Å². The molecular weight excluding hydrogens is 472 g/mol. The Morgan fingerprint density at radius 2 is 2.09 bits per heavy atom. The number of ether oxygens (including phenoxy) is 1. The number of aromatic amines is 1. The predicted molar refractivity (Wildman–Crippen MR) is 133 cm³/mol. The summed E-state index contributed by atoms with van der Waals surface area (Å²) in [6.45, 7) is 2.86. The number of nitrogens with one attached hydrogen (secondary N) is 3. The van der Waals surface area contributed by atoms with Crippen molar-refractivity contribution in [3.05, 3.63) is 65.2 Å². The number of carbonyl (C=O) groups is 1. The van der Waals surface area contributed by atoms with Gasteiger partial charge in [0.25, 0.3) is 5.91 Å². The molecule has 2 aromatic carbocycles. The van der Waals surface area contributed by atoms with Crippen molar-refractivity contribution in [1.82, 2.24) is 14.7 Å². The molecule has 1 amide bonds. The smallest absolute Gasteiger partial charge is 0.257 e. The van der Waals surface area contributed by atoms with Crippen LogP contribution in [0.2, 0.25) is 0 Å². The number of hydrogen-bond acceptors (Lipinski definition) is 6. The van der Waals surface area contributed by atoms with E-state index < -0.39 is 15.9 Å². The lowest BCUT2D eigenvalue weighted by Crippen LogP contribution is -2.32. The molecule has 0 aliphatic carbocycles. The molecule has 4 aromatic rings. The number of carbonyl (C=O) groups excluding carboxylic acids is 1. The summed E-state index contributed by atoms with van der Waals surface area (Å²) in [4.78, 5) is 20.8. The number of hydrogen-bond donors (Lipinski definition) is 3. The van der Waals surface area contributed by atoms with Crippen molar-refractivity contribution in [3.8, 4) is 11.3 Å². The van der Waals surface area contributed by atoms with Gasteiger partial charge in [-0.2, -0.15) is 0 Å². The van der Waals surface area contributed by atoms with E-state index in [1.165, 1.54) is 23.5 Å². The van der Waals surface area contributed by atoms with Gasteiger partial charge in [-0.15, -0.1) is 11.3 Å². The first-order valence-corrected chi connectivity index (χ1v) is 13.3. The van der Waals surface area contributed by atoms with Gasteiger partial charge in [-0.05, 0) is 44.0 Å². The molecule has 3 heterocycles. The first-order valence-electron chi connectivity index (χ1n) is 11.0. The van der Waals surface area contributed by atoms with Gasteiger partial charge in [-0.1, -0.05) is 24.3 Å². The number of H-pyrrole nitrogens is 1. The van der Waals surface area contributed by atoms with Gasteiger partial charge in [0.2, 0.25) is 10.0 Å². The zero-order chi connectivity index (χ0) is 23.7. The molecule has 10 heteroatoms. The molecule has 176 valence electrons. The van der Waals surface area contributed by atoms with Crippen molar-refractivity contribution in [2.24, 2.45) is 0 Å². The number of anilines is 1. The maximum Gasteiger partial charge on any atom is 0.257 e. The molecule has 0 radical (unpaired) electrons. The van der Waals surface area contributed by atoms with Crippen LogP contribution in [0.4, 0.5) is 5.13 Å². The van der Waals surface area contributed by atoms with Crippen LogP contribution in [0.5, 0.6) is 0 Å². The second-order valence-corrected chi connectivity index (χ2v) is 10.8. The van der Waals surface area contributed by atoms with Crippen LogP contribution in [0.3, 0.4) is 0 Å². The number of sulfonamides is 1. The average molecular weight is 497 g/mol. The molecule has 1 fully saturated rings. The number of benzene rings is 2. The van der Waals surface area contributed by atoms with Gasteiger partial charge < -0.3 is 9.72 Å². The molecule has 2 aromatic heterocycles. The lowest BCUT2D eigenvalue weighted by molar-refractivity contribution is 0.102. The summed E-state index contributed by atoms with van der Waals surface area (Å²) in [6, 6.07) is 14.0. The van der Waals surface area contributed by atoms with Crippen LogP contribution >= 0.6 is 11.3 Å². The fraction of sp³-hybridized carbons (Fsp3) is 0.250. The molecule has 8 nitrogen and oxygen atoms in total. The molecule has 1 aliphatic rings. The van der Waals surface area contributed by atoms with E-state index in [9.17, 15) is 13.2 Å². The highest BCUT2D eigenvalue weighted by Crippen LogP contribution is 2.34. The maximum atomic E-state index is 12.8. The van der Waals surface area contributed by atoms with Crippen molar-refractivity contribution in [1.29, 1.82) is 0 Å². The van der Waals surface area contributed by atoms with Crippen molar-refractivity contribution in [2.45, 2.75) is 30.8 Å². The third-order valence-electron chi connectivity index (χ3n) is 5.81. The summed E-state index contributed by atoms with van der Waals surface area (Å²) in [6.07, 6.45) is 1.65. The van der Waals surface area contributed by atoms with Crippen LogP contribution in [0, 0.1) is 6.92 Å². The monoisotopic (exact) mass is 496 g/mol. The standard InChI is InChI=1S/C24H24N4O4S2/c1-15-22(19-9-2-3-10-20(19)26-15)21-14-33-24(27-21)28-23(29)16-6-4-8-18(12-16)34(30,31)25-13-17-7-5-11-32-17/h2-4,6,8-10,12,14,17,25-26H,5,7,11,13H2,1H3,(H,27,28,29). The summed E-state index contributed by atoms with van der Waals surface area (Å²) in [5.74, 6) is -0.423. The van der Waals surface area contributed by atoms with Crippen molar-refractivity contribution < 1.29 is 17.9 Å². The zero-order valence-electron chi connectivity index (χ0n) is 18.5. The fourth-order valence-corrected chi connectivity index (χ4v) is 5.93. The third-order valence-corrected chi connectivity index (χ3v) is 7.98. The lowest BCUT2D eigenvalue weighted by Gasteiger charge is -2.12. The quantitative estimate of drug-likeness (QED) is 0.353. The van der Waals surface area contributed by atoms with Crippen LogP contribution in [0.15, 0.2) is 58.8 Å². The number of aromatic nitrogens is 2. The number of rotatable bonds is 7. The Hall–Kier alpha value is -3.05. The van der Waals surface area contributed by atoms with Crippen molar-refractivity contribution in [2.75, 3.05) is 18.5 Å². The van der Waals surface area contributed by atoms with E-state index in [1.807, 2.05) is 36.6 Å². The van der Waals surface area contributed by atoms with Crippen LogP contribution in [-0.2, 0) is 14.8 Å². The maximum absolute atomic E-state index is 12.8. The SMILES string of the molecule is Cc1[nH]c2ccccc2c1-c1csc(NC(=O)c2cccc(S(=O)(=O)NCC3CCCO3)c2)n1. The van der Waals surface area contributed by atoms with E-state index in [2.05, 4.69) is 20.0 Å². The normalized spacial score (nSPS) is 16.2. The summed E-state index contributed by atoms with van der Waals surface area (Å²) >= 11 is 1.32. The summed E-state index contributed by atoms with van der Waals surface area (Å²) in [5.41, 5.74) is 4.03. The van der Waals surface area contributed by atoms with Crippen molar-refractivity contribution in [3.63, 3.8) is 0 Å². The molecule has 0 spiro atoms. The summed E-state index contributed by atoms with van der Waals surface area (Å²) in [7, 11) is -3.75. The molecular formula is C24H24N4O4S2. The van der Waals surface area contributed by atoms with Crippen LogP contribution in [0.1, 0.15) is 28.9 Å². The minimum Gasteiger partial charge on any atom is -0.377 e. The lowest BCUT2D eigenvalue weighted by atomic mass is 10.1. The van der Waals surface area contributed by atoms with E-state index in [0.29, 0.717) is 11.7 Å². The highest BCUT2D eigenvalue weighted by molar-refractivity contribution is 7.89. The Labute approximate surface area is 201 Å². The molecule has 1 atom stereocenters. The van der Waals surface area contributed by atoms with E-state index in [-0.39, 0.29) is 23.1 Å². The first kappa shape index (κ1) is 22.7. The summed E-state index contributed by atoms with van der Waals surface area (Å²) < 4.78 is 33.4. The second-order valence-electron chi connectivity index (χ2n) is 8.18. The number of para-hydroxylation sites is 1. The van der Waals surface area contributed by atoms with Gasteiger partial charge in [0.05, 0.1) is 16.7 Å². The number of aryl methyl sites for hydroxylation is 1. The average Bonchev–Trinajstić information content (AvgIpc) is 3.57. The minimum atomic E-state index is -3.75. The molecule has 3 N–H and O–H groups in total. The van der Waals surface area contributed by atoms with Crippen LogP contribution in [0.25, 0.3) is 22.2 Å². The van der Waals surface area contributed by atoms with Crippen molar-refractivity contribution >= 4 is 43.3 Å². The molecule has 0 saturated carbocycles. The van der Waals surface area contributed by atoms with Gasteiger partial charge in [0, 0.05) is 46.3 Å². The van der Waals surface area contributed by atoms with Crippen LogP contribution in [-0.4, -0.2) is 43.5 Å². The van der Waals surface area contributed by atoms with Gasteiger partial charge in [-0.3, -0.25) is 10.1 Å². The number of thiazole rings is 1. The third kappa shape index (κ3) is 4.62. The highest BCUT2D eigenvalue weighted by Gasteiger charge is 2.21. The number of nitrogens with zero attached hydrogens (tertiary/aromatic N) is 1. The zero-order valence-corrected chi connectivity index (χ0v) is 20.1. The Balaban J connectivity index is 1.31. The van der Waals surface area contributed by atoms with E-state index in [4.69, 9.17) is 4.74 Å². The summed E-state index contributed by atoms with van der Waals surface area (Å²) in [5, 5.41) is 6.19. The minimum absolute atomic E-state index is 0.0346. The molecule has 1 saturated heterocycles. The Morgan fingerprint density at radius 1 is 1.24 bits per heavy atom. The molecule has 0 bridgehead atoms. The van der Waals surface area contributed by atoms with E-state index >= 15 is 0 Å². The Bertz CT molecular complexity index is 1450. The number of fused-ring (bicyclic) bond motifs is 1. The van der Waals surface area contributed by atoms with Gasteiger partial charge in [0.15, 0.2) is 5.13 Å². The Kier molecular flexibility index (Phi) is 6.22. The predicted octanol–water partition coefficient (Wildman–Crippen LogP) is 4.31. The Morgan fingerprint density at radius 3 is 2.91 bits per heavy atom. The first-order chi connectivity index (χ1) is 16.4. The molecule has 1 aliphatic heterocycles. The largest absolute Gasteiger partial charge is 0.377 e. The second kappa shape index (κ2) is 9.30. The molecule has 34 heavy (non-hydrogen) atoms. The molecule has 1 unspecified atom stereocenters. The number of amides is 1. The topological polar surface area (TPSA) is 113 Å². The highest BCUT2D eigenvalue weighted by atomic mass is 32.2. The van der Waals surface area contributed by atoms with Crippen LogP contribution < -0.4 is 10.0 Å². The fourth-order valence-electron chi connectivity index (χ4n) is 4.12. The molecule has 5 rings (SSSR count). The van der Waals surface area contributed by atoms with Gasteiger partial charge in [0.1, 0.15) is 0 Å². The van der Waals surface area contributed by atoms with E-state index in [0.717, 1.165) is 40.7 Å². The van der Waals surface area contributed by atoms with Gasteiger partial charge >= 0.3 is 0 Å². The van der Waals surface area contributed by atoms with Gasteiger partial charge in [-0.25, -0.2) is 18.1 Å².